The number of aromatic amines is 1. The number of rotatable bonds is 12. The fourth-order valence-electron chi connectivity index (χ4n) is 6.72. The molecule has 0 radical (unpaired) electrons. The van der Waals surface area contributed by atoms with Gasteiger partial charge in [0, 0.05) is 30.5 Å². The first-order valence-corrected chi connectivity index (χ1v) is 16.8. The SMILES string of the molecule is CC(C)c1n[nH]c([C@H]2O[C@@H](n3cnc4c(NCC(c5ccccc5)c5ccccc5)nc(NC5CCC(N)CC5)nc43)[C@H](O)[C@@H]2OC=O)n1. The zero-order valence-electron chi connectivity index (χ0n) is 27.5. The van der Waals surface area contributed by atoms with Gasteiger partial charge in [-0.05, 0) is 36.8 Å². The highest BCUT2D eigenvalue weighted by molar-refractivity contribution is 5.84. The van der Waals surface area contributed by atoms with Gasteiger partial charge in [-0.2, -0.15) is 15.1 Å². The Kier molecular flexibility index (Phi) is 9.51. The molecule has 3 aromatic heterocycles. The molecule has 0 bridgehead atoms. The third kappa shape index (κ3) is 6.84. The summed E-state index contributed by atoms with van der Waals surface area (Å²) in [7, 11) is 0. The Bertz CT molecular complexity index is 1800. The monoisotopic (exact) mass is 666 g/mol. The van der Waals surface area contributed by atoms with Crippen molar-refractivity contribution in [1.82, 2.24) is 34.7 Å². The number of nitrogens with zero attached hydrogens (tertiary/aromatic N) is 6. The van der Waals surface area contributed by atoms with Crippen LogP contribution in [0.15, 0.2) is 67.0 Å². The molecule has 0 unspecified atom stereocenters. The number of benzene rings is 2. The lowest BCUT2D eigenvalue weighted by atomic mass is 9.91. The normalized spacial score (nSPS) is 24.0. The van der Waals surface area contributed by atoms with Crippen molar-refractivity contribution >= 4 is 29.4 Å². The van der Waals surface area contributed by atoms with Crippen LogP contribution in [0.4, 0.5) is 11.8 Å². The topological polar surface area (TPSA) is 191 Å². The molecule has 1 aliphatic carbocycles. The van der Waals surface area contributed by atoms with Crippen molar-refractivity contribution in [1.29, 1.82) is 0 Å². The lowest BCUT2D eigenvalue weighted by molar-refractivity contribution is -0.140. The van der Waals surface area contributed by atoms with E-state index in [1.807, 2.05) is 50.2 Å². The maximum Gasteiger partial charge on any atom is 0.293 e. The predicted molar refractivity (Wildman–Crippen MR) is 183 cm³/mol. The van der Waals surface area contributed by atoms with Gasteiger partial charge in [0.25, 0.3) is 6.47 Å². The number of imidazole rings is 1. The Balaban J connectivity index is 1.24. The largest absolute Gasteiger partial charge is 0.458 e. The van der Waals surface area contributed by atoms with E-state index in [0.29, 0.717) is 47.6 Å². The van der Waals surface area contributed by atoms with E-state index in [2.05, 4.69) is 50.1 Å². The molecule has 1 saturated carbocycles. The standard InChI is InChI=1S/C35H42N10O4/c1-20(2)30-40-32(44-43-30)29-28(48-19-46)27(47)34(49-29)45-18-38-26-31(41-35(42-33(26)45)39-24-15-13-23(36)14-16-24)37-17-25(21-9-5-3-6-10-21)22-11-7-4-8-12-22/h3-12,18-20,23-25,27-29,34,47H,13-17,36H2,1-2H3,(H,40,43,44)(H2,37,39,41,42)/t23?,24?,27-,28+,29+,34-/m1/s1. The van der Waals surface area contributed by atoms with E-state index in [-0.39, 0.29) is 23.9 Å². The highest BCUT2D eigenvalue weighted by Crippen LogP contribution is 2.41. The van der Waals surface area contributed by atoms with Crippen LogP contribution in [0, 0.1) is 0 Å². The van der Waals surface area contributed by atoms with Crippen molar-refractivity contribution in [3.05, 3.63) is 89.8 Å². The minimum absolute atomic E-state index is 0.0328. The van der Waals surface area contributed by atoms with Crippen LogP contribution in [0.2, 0.25) is 0 Å². The van der Waals surface area contributed by atoms with Gasteiger partial charge < -0.3 is 30.9 Å². The Morgan fingerprint density at radius 3 is 2.37 bits per heavy atom. The molecule has 4 atom stereocenters. The summed E-state index contributed by atoms with van der Waals surface area (Å²) in [5, 5.41) is 25.8. The van der Waals surface area contributed by atoms with E-state index in [1.165, 1.54) is 0 Å². The van der Waals surface area contributed by atoms with Crippen LogP contribution in [-0.2, 0) is 14.3 Å². The number of aliphatic hydroxyl groups is 1. The summed E-state index contributed by atoms with van der Waals surface area (Å²) in [6, 6.07) is 21.0. The van der Waals surface area contributed by atoms with Crippen molar-refractivity contribution in [2.45, 2.75) is 88.0 Å². The molecule has 2 fully saturated rings. The van der Waals surface area contributed by atoms with Gasteiger partial charge in [0.2, 0.25) is 5.95 Å². The van der Waals surface area contributed by atoms with Crippen LogP contribution in [0.5, 0.6) is 0 Å². The number of aromatic nitrogens is 7. The molecule has 0 amide bonds. The highest BCUT2D eigenvalue weighted by atomic mass is 16.6. The van der Waals surface area contributed by atoms with Crippen molar-refractivity contribution in [2.24, 2.45) is 5.73 Å². The van der Waals surface area contributed by atoms with Gasteiger partial charge >= 0.3 is 0 Å². The molecule has 49 heavy (non-hydrogen) atoms. The lowest BCUT2D eigenvalue weighted by Crippen LogP contribution is -2.33. The van der Waals surface area contributed by atoms with Crippen molar-refractivity contribution in [2.75, 3.05) is 17.2 Å². The summed E-state index contributed by atoms with van der Waals surface area (Å²) in [6.45, 7) is 4.78. The fraction of sp³-hybridized carbons (Fsp3) is 0.429. The summed E-state index contributed by atoms with van der Waals surface area (Å²) >= 11 is 0. The van der Waals surface area contributed by atoms with Gasteiger partial charge in [0.1, 0.15) is 6.10 Å². The average Bonchev–Trinajstić information content (AvgIpc) is 3.85. The first-order valence-electron chi connectivity index (χ1n) is 16.8. The van der Waals surface area contributed by atoms with Gasteiger partial charge in [-0.1, -0.05) is 74.5 Å². The highest BCUT2D eigenvalue weighted by Gasteiger charge is 2.49. The molecular weight excluding hydrogens is 624 g/mol. The van der Waals surface area contributed by atoms with Gasteiger partial charge in [-0.15, -0.1) is 0 Å². The molecule has 1 aliphatic heterocycles. The van der Waals surface area contributed by atoms with E-state index in [9.17, 15) is 9.90 Å². The van der Waals surface area contributed by atoms with E-state index in [1.54, 1.807) is 10.9 Å². The minimum Gasteiger partial charge on any atom is -0.458 e. The second kappa shape index (κ2) is 14.3. The smallest absolute Gasteiger partial charge is 0.293 e. The summed E-state index contributed by atoms with van der Waals surface area (Å²) in [6.07, 6.45) is 0.995. The number of carbonyl (C=O) groups excluding carboxylic acids is 1. The third-order valence-electron chi connectivity index (χ3n) is 9.41. The Morgan fingerprint density at radius 2 is 1.73 bits per heavy atom. The lowest BCUT2D eigenvalue weighted by Gasteiger charge is -2.27. The van der Waals surface area contributed by atoms with Crippen molar-refractivity contribution in [3.8, 4) is 0 Å². The van der Waals surface area contributed by atoms with E-state index in [0.717, 1.165) is 36.8 Å². The first-order chi connectivity index (χ1) is 23.9. The molecule has 1 saturated heterocycles. The molecule has 5 aromatic rings. The molecule has 7 rings (SSSR count). The summed E-state index contributed by atoms with van der Waals surface area (Å²) < 4.78 is 13.4. The molecule has 0 spiro atoms. The quantitative estimate of drug-likeness (QED) is 0.120. The van der Waals surface area contributed by atoms with Crippen molar-refractivity contribution < 1.29 is 19.4 Å². The van der Waals surface area contributed by atoms with Gasteiger partial charge in [0.15, 0.2) is 47.1 Å². The number of ether oxygens (including phenoxy) is 2. The number of fused-ring (bicyclic) bond motifs is 1. The number of nitrogens with one attached hydrogen (secondary N) is 3. The molecule has 6 N–H and O–H groups in total. The maximum absolute atomic E-state index is 11.5. The zero-order valence-corrected chi connectivity index (χ0v) is 27.5. The second-order valence-electron chi connectivity index (χ2n) is 13.1. The number of hydrogen-bond acceptors (Lipinski definition) is 12. The molecular formula is C35H42N10O4. The van der Waals surface area contributed by atoms with Crippen LogP contribution in [0.1, 0.15) is 86.5 Å². The summed E-state index contributed by atoms with van der Waals surface area (Å²) in [4.78, 5) is 30.6. The fourth-order valence-corrected chi connectivity index (χ4v) is 6.72. The number of aliphatic hydroxyl groups excluding tert-OH is 1. The van der Waals surface area contributed by atoms with E-state index in [4.69, 9.17) is 30.2 Å². The summed E-state index contributed by atoms with van der Waals surface area (Å²) in [5.41, 5.74) is 9.46. The molecule has 14 nitrogen and oxygen atoms in total. The number of nitrogens with two attached hydrogens (primary N) is 1. The Morgan fingerprint density at radius 1 is 1.04 bits per heavy atom. The number of H-pyrrole nitrogens is 1. The Labute approximate surface area is 283 Å². The van der Waals surface area contributed by atoms with Crippen LogP contribution in [0.25, 0.3) is 11.2 Å². The van der Waals surface area contributed by atoms with Crippen LogP contribution in [-0.4, -0.2) is 77.1 Å². The molecule has 2 aliphatic rings. The number of carbonyl (C=O) groups is 1. The first kappa shape index (κ1) is 32.6. The van der Waals surface area contributed by atoms with Crippen LogP contribution in [0.3, 0.4) is 0 Å². The number of hydrogen-bond donors (Lipinski definition) is 5. The minimum atomic E-state index is -1.26. The number of anilines is 2. The van der Waals surface area contributed by atoms with Crippen molar-refractivity contribution in [3.63, 3.8) is 0 Å². The zero-order chi connectivity index (χ0) is 33.9. The average molecular weight is 667 g/mol. The second-order valence-corrected chi connectivity index (χ2v) is 13.1. The predicted octanol–water partition coefficient (Wildman–Crippen LogP) is 4.17. The maximum atomic E-state index is 11.5. The molecule has 2 aromatic carbocycles. The van der Waals surface area contributed by atoms with Crippen LogP contribution >= 0.6 is 0 Å². The Hall–Kier alpha value is -4.92. The van der Waals surface area contributed by atoms with Gasteiger partial charge in [0.05, 0.1) is 6.33 Å². The van der Waals surface area contributed by atoms with E-state index >= 15 is 0 Å². The summed E-state index contributed by atoms with van der Waals surface area (Å²) in [5.74, 6) is 2.00. The van der Waals surface area contributed by atoms with Gasteiger partial charge in [-0.25, -0.2) is 9.97 Å². The molecule has 256 valence electrons. The molecule has 4 heterocycles. The third-order valence-corrected chi connectivity index (χ3v) is 9.41. The molecule has 14 heteroatoms. The van der Waals surface area contributed by atoms with Gasteiger partial charge in [-0.3, -0.25) is 14.5 Å². The van der Waals surface area contributed by atoms with Crippen LogP contribution < -0.4 is 16.4 Å². The van der Waals surface area contributed by atoms with E-state index < -0.39 is 24.5 Å².